The summed E-state index contributed by atoms with van der Waals surface area (Å²) in [6.07, 6.45) is -4.51. The maximum Gasteiger partial charge on any atom is 0.405 e. The lowest BCUT2D eigenvalue weighted by atomic mass is 10.1. The van der Waals surface area contributed by atoms with Crippen LogP contribution in [0.5, 0.6) is 0 Å². The molecule has 2 N–H and O–H groups in total. The van der Waals surface area contributed by atoms with Gasteiger partial charge in [0.1, 0.15) is 6.54 Å². The molecule has 0 bridgehead atoms. The summed E-state index contributed by atoms with van der Waals surface area (Å²) in [5, 5.41) is 3.41. The highest BCUT2D eigenvalue weighted by Gasteiger charge is 2.27. The van der Waals surface area contributed by atoms with E-state index in [1.165, 1.54) is 36.4 Å². The van der Waals surface area contributed by atoms with Crippen LogP contribution in [-0.2, 0) is 10.0 Å². The lowest BCUT2D eigenvalue weighted by Crippen LogP contribution is -2.33. The number of nitrogens with one attached hydrogen (secondary N) is 2. The van der Waals surface area contributed by atoms with Crippen LogP contribution in [0.3, 0.4) is 0 Å². The van der Waals surface area contributed by atoms with Crippen molar-refractivity contribution >= 4 is 32.4 Å². The van der Waals surface area contributed by atoms with Crippen molar-refractivity contribution in [3.05, 3.63) is 72.3 Å². The van der Waals surface area contributed by atoms with Crippen molar-refractivity contribution in [1.82, 2.24) is 5.32 Å². The number of benzene rings is 3. The molecule has 9 heteroatoms. The molecule has 28 heavy (non-hydrogen) atoms. The van der Waals surface area contributed by atoms with E-state index in [1.807, 2.05) is 12.1 Å². The van der Waals surface area contributed by atoms with Crippen LogP contribution >= 0.6 is 0 Å². The molecule has 0 aliphatic carbocycles. The number of carbonyl (C=O) groups excluding carboxylic acids is 1. The molecule has 146 valence electrons. The van der Waals surface area contributed by atoms with Crippen molar-refractivity contribution in [3.8, 4) is 0 Å². The molecule has 5 nitrogen and oxygen atoms in total. The van der Waals surface area contributed by atoms with Crippen LogP contribution in [0.25, 0.3) is 10.8 Å². The average molecular weight is 408 g/mol. The van der Waals surface area contributed by atoms with Gasteiger partial charge in [-0.25, -0.2) is 8.42 Å². The van der Waals surface area contributed by atoms with Gasteiger partial charge >= 0.3 is 6.18 Å². The van der Waals surface area contributed by atoms with Crippen LogP contribution in [-0.4, -0.2) is 27.0 Å². The normalized spacial score (nSPS) is 12.0. The van der Waals surface area contributed by atoms with E-state index in [1.54, 1.807) is 23.5 Å². The second kappa shape index (κ2) is 7.51. The van der Waals surface area contributed by atoms with Crippen LogP contribution in [0.2, 0.25) is 0 Å². The summed E-state index contributed by atoms with van der Waals surface area (Å²) >= 11 is 0. The first-order valence-corrected chi connectivity index (χ1v) is 9.59. The van der Waals surface area contributed by atoms with E-state index in [0.29, 0.717) is 0 Å². The van der Waals surface area contributed by atoms with E-state index in [-0.39, 0.29) is 16.1 Å². The second-order valence-electron chi connectivity index (χ2n) is 5.99. The van der Waals surface area contributed by atoms with Gasteiger partial charge in [0.2, 0.25) is 0 Å². The summed E-state index contributed by atoms with van der Waals surface area (Å²) in [6.45, 7) is -1.44. The standard InChI is InChI=1S/C19H15F3N2O3S/c20-19(21,22)12-23-18(25)14-5-8-16(9-6-14)24-28(26,27)17-10-7-13-3-1-2-4-15(13)11-17/h1-11,24H,12H2,(H,23,25). The van der Waals surface area contributed by atoms with Gasteiger partial charge in [0.25, 0.3) is 15.9 Å². The number of hydrogen-bond acceptors (Lipinski definition) is 3. The fourth-order valence-electron chi connectivity index (χ4n) is 2.52. The Kier molecular flexibility index (Phi) is 5.28. The highest BCUT2D eigenvalue weighted by molar-refractivity contribution is 7.92. The van der Waals surface area contributed by atoms with E-state index >= 15 is 0 Å². The zero-order chi connectivity index (χ0) is 20.4. The molecule has 1 amide bonds. The van der Waals surface area contributed by atoms with Gasteiger partial charge in [-0.3, -0.25) is 9.52 Å². The molecule has 3 rings (SSSR count). The van der Waals surface area contributed by atoms with Crippen LogP contribution < -0.4 is 10.0 Å². The van der Waals surface area contributed by atoms with Gasteiger partial charge < -0.3 is 5.32 Å². The molecule has 0 atom stereocenters. The predicted molar refractivity (Wildman–Crippen MR) is 99.6 cm³/mol. The van der Waals surface area contributed by atoms with Crippen molar-refractivity contribution in [1.29, 1.82) is 0 Å². The van der Waals surface area contributed by atoms with E-state index in [4.69, 9.17) is 0 Å². The van der Waals surface area contributed by atoms with Crippen LogP contribution in [0.4, 0.5) is 18.9 Å². The smallest absolute Gasteiger partial charge is 0.343 e. The molecule has 0 radical (unpaired) electrons. The van der Waals surface area contributed by atoms with Gasteiger partial charge in [0, 0.05) is 11.3 Å². The molecular formula is C19H15F3N2O3S. The first-order chi connectivity index (χ1) is 13.1. The number of amides is 1. The van der Waals surface area contributed by atoms with Gasteiger partial charge in [-0.05, 0) is 47.2 Å². The maximum atomic E-state index is 12.6. The molecule has 0 aliphatic rings. The van der Waals surface area contributed by atoms with Gasteiger partial charge in [-0.15, -0.1) is 0 Å². The molecule has 0 saturated heterocycles. The summed E-state index contributed by atoms with van der Waals surface area (Å²) < 4.78 is 64.0. The summed E-state index contributed by atoms with van der Waals surface area (Å²) in [4.78, 5) is 11.8. The highest BCUT2D eigenvalue weighted by Crippen LogP contribution is 2.22. The van der Waals surface area contributed by atoms with Gasteiger partial charge in [-0.1, -0.05) is 30.3 Å². The van der Waals surface area contributed by atoms with Crippen molar-refractivity contribution in [2.75, 3.05) is 11.3 Å². The minimum Gasteiger partial charge on any atom is -0.343 e. The number of alkyl halides is 3. The predicted octanol–water partition coefficient (Wildman–Crippen LogP) is 3.93. The number of halogens is 3. The molecule has 3 aromatic rings. The van der Waals surface area contributed by atoms with E-state index in [2.05, 4.69) is 4.72 Å². The quantitative estimate of drug-likeness (QED) is 0.672. The minimum absolute atomic E-state index is 0.0158. The third-order valence-electron chi connectivity index (χ3n) is 3.88. The lowest BCUT2D eigenvalue weighted by Gasteiger charge is -2.11. The Labute approximate surface area is 159 Å². The Morgan fingerprint density at radius 3 is 2.18 bits per heavy atom. The van der Waals surface area contributed by atoms with Gasteiger partial charge in [-0.2, -0.15) is 13.2 Å². The Hall–Kier alpha value is -3.07. The van der Waals surface area contributed by atoms with Crippen LogP contribution in [0.1, 0.15) is 10.4 Å². The third-order valence-corrected chi connectivity index (χ3v) is 5.26. The minimum atomic E-state index is -4.51. The van der Waals surface area contributed by atoms with E-state index < -0.39 is 28.7 Å². The number of hydrogen-bond donors (Lipinski definition) is 2. The molecule has 0 saturated carbocycles. The van der Waals surface area contributed by atoms with Crippen molar-refractivity contribution in [3.63, 3.8) is 0 Å². The Morgan fingerprint density at radius 2 is 1.54 bits per heavy atom. The van der Waals surface area contributed by atoms with E-state index in [0.717, 1.165) is 10.8 Å². The number of rotatable bonds is 5. The van der Waals surface area contributed by atoms with Gasteiger partial charge in [0.15, 0.2) is 0 Å². The number of anilines is 1. The largest absolute Gasteiger partial charge is 0.405 e. The molecule has 0 aromatic heterocycles. The Bertz CT molecular complexity index is 1110. The van der Waals surface area contributed by atoms with Crippen molar-refractivity contribution in [2.24, 2.45) is 0 Å². The first kappa shape index (κ1) is 19.7. The average Bonchev–Trinajstić information content (AvgIpc) is 2.65. The zero-order valence-corrected chi connectivity index (χ0v) is 15.1. The molecule has 0 aliphatic heterocycles. The molecular weight excluding hydrogens is 393 g/mol. The van der Waals surface area contributed by atoms with Crippen molar-refractivity contribution in [2.45, 2.75) is 11.1 Å². The monoisotopic (exact) mass is 408 g/mol. The summed E-state index contributed by atoms with van der Waals surface area (Å²) in [5.74, 6) is -0.902. The molecule has 0 fully saturated rings. The van der Waals surface area contributed by atoms with Gasteiger partial charge in [0.05, 0.1) is 4.90 Å². The van der Waals surface area contributed by atoms with E-state index in [9.17, 15) is 26.4 Å². The lowest BCUT2D eigenvalue weighted by molar-refractivity contribution is -0.123. The highest BCUT2D eigenvalue weighted by atomic mass is 32.2. The summed E-state index contributed by atoms with van der Waals surface area (Å²) in [7, 11) is -3.87. The number of carbonyl (C=O) groups is 1. The Morgan fingerprint density at radius 1 is 0.893 bits per heavy atom. The number of sulfonamides is 1. The zero-order valence-electron chi connectivity index (χ0n) is 14.3. The fourth-order valence-corrected chi connectivity index (χ4v) is 3.61. The third kappa shape index (κ3) is 4.80. The number of fused-ring (bicyclic) bond motifs is 1. The molecule has 0 spiro atoms. The fraction of sp³-hybridized carbons (Fsp3) is 0.105. The summed E-state index contributed by atoms with van der Waals surface area (Å²) in [5.41, 5.74) is 0.165. The molecule has 0 unspecified atom stereocenters. The topological polar surface area (TPSA) is 75.3 Å². The van der Waals surface area contributed by atoms with Crippen molar-refractivity contribution < 1.29 is 26.4 Å². The molecule has 0 heterocycles. The molecule has 3 aromatic carbocycles. The second-order valence-corrected chi connectivity index (χ2v) is 7.67. The van der Waals surface area contributed by atoms with Crippen LogP contribution in [0, 0.1) is 0 Å². The first-order valence-electron chi connectivity index (χ1n) is 8.11. The SMILES string of the molecule is O=C(NCC(F)(F)F)c1ccc(NS(=O)(=O)c2ccc3ccccc3c2)cc1. The van der Waals surface area contributed by atoms with Crippen LogP contribution in [0.15, 0.2) is 71.6 Å². The summed E-state index contributed by atoms with van der Waals surface area (Å²) in [6, 6.07) is 17.1. The Balaban J connectivity index is 1.74. The maximum absolute atomic E-state index is 12.6.